The van der Waals surface area contributed by atoms with Gasteiger partial charge in [-0.15, -0.1) is 0 Å². The quantitative estimate of drug-likeness (QED) is 0.864. The zero-order valence-corrected chi connectivity index (χ0v) is 14.4. The van der Waals surface area contributed by atoms with E-state index in [9.17, 15) is 9.59 Å². The number of carbonyl (C=O) groups excluding carboxylic acids is 2. The lowest BCUT2D eigenvalue weighted by atomic mass is 9.91. The van der Waals surface area contributed by atoms with E-state index in [1.807, 2.05) is 35.9 Å². The Balaban J connectivity index is 1.79. The fourth-order valence-electron chi connectivity index (χ4n) is 4.20. The van der Waals surface area contributed by atoms with Crippen molar-refractivity contribution >= 4 is 34.3 Å². The predicted molar refractivity (Wildman–Crippen MR) is 93.2 cm³/mol. The molecule has 1 saturated heterocycles. The monoisotopic (exact) mass is 345 g/mol. The summed E-state index contributed by atoms with van der Waals surface area (Å²) in [7, 11) is 1.87. The van der Waals surface area contributed by atoms with Gasteiger partial charge in [-0.1, -0.05) is 30.5 Å². The first-order valence-corrected chi connectivity index (χ1v) is 8.77. The summed E-state index contributed by atoms with van der Waals surface area (Å²) in [4.78, 5) is 27.6. The van der Waals surface area contributed by atoms with Crippen molar-refractivity contribution in [2.75, 3.05) is 13.1 Å². The van der Waals surface area contributed by atoms with Crippen molar-refractivity contribution < 1.29 is 9.59 Å². The first-order valence-electron chi connectivity index (χ1n) is 8.39. The number of hydrogen-bond donors (Lipinski definition) is 1. The molecule has 0 atom stereocenters. The molecule has 1 aliphatic carbocycles. The Bertz CT molecular complexity index is 836. The van der Waals surface area contributed by atoms with Crippen molar-refractivity contribution in [3.05, 3.63) is 35.0 Å². The standard InChI is InChI=1S/C18H20ClN3O2/c1-21-14-6-4-5-13(19)12(14)11-15(21)16(23)22-10-9-20-17(24)18(22)7-2-3-8-18/h4-6,11H,2-3,7-10H2,1H3,(H,20,24). The van der Waals surface area contributed by atoms with Crippen LogP contribution < -0.4 is 5.32 Å². The summed E-state index contributed by atoms with van der Waals surface area (Å²) >= 11 is 6.27. The second kappa shape index (κ2) is 5.52. The van der Waals surface area contributed by atoms with Crippen LogP contribution >= 0.6 is 11.6 Å². The van der Waals surface area contributed by atoms with Crippen molar-refractivity contribution in [3.63, 3.8) is 0 Å². The number of halogens is 1. The van der Waals surface area contributed by atoms with Gasteiger partial charge in [0.15, 0.2) is 0 Å². The molecule has 1 N–H and O–H groups in total. The van der Waals surface area contributed by atoms with Crippen molar-refractivity contribution in [1.82, 2.24) is 14.8 Å². The molecule has 5 nitrogen and oxygen atoms in total. The molecule has 24 heavy (non-hydrogen) atoms. The van der Waals surface area contributed by atoms with Crippen LogP contribution in [0.2, 0.25) is 5.02 Å². The third-order valence-electron chi connectivity index (χ3n) is 5.49. The van der Waals surface area contributed by atoms with E-state index in [0.29, 0.717) is 23.8 Å². The molecule has 126 valence electrons. The highest BCUT2D eigenvalue weighted by Crippen LogP contribution is 2.38. The minimum Gasteiger partial charge on any atom is -0.352 e. The molecule has 0 bridgehead atoms. The molecule has 1 aromatic carbocycles. The summed E-state index contributed by atoms with van der Waals surface area (Å²) in [6.07, 6.45) is 3.46. The smallest absolute Gasteiger partial charge is 0.271 e. The molecule has 2 heterocycles. The van der Waals surface area contributed by atoms with Crippen LogP contribution in [0.25, 0.3) is 10.9 Å². The summed E-state index contributed by atoms with van der Waals surface area (Å²) < 4.78 is 1.87. The molecule has 2 fully saturated rings. The van der Waals surface area contributed by atoms with Gasteiger partial charge in [-0.2, -0.15) is 0 Å². The number of piperazine rings is 1. The van der Waals surface area contributed by atoms with E-state index in [4.69, 9.17) is 11.6 Å². The second-order valence-electron chi connectivity index (χ2n) is 6.71. The number of benzene rings is 1. The number of hydrogen-bond acceptors (Lipinski definition) is 2. The van der Waals surface area contributed by atoms with E-state index in [0.717, 1.165) is 36.6 Å². The van der Waals surface area contributed by atoms with Crippen molar-refractivity contribution in [2.45, 2.75) is 31.2 Å². The molecular weight excluding hydrogens is 326 g/mol. The number of fused-ring (bicyclic) bond motifs is 1. The largest absolute Gasteiger partial charge is 0.352 e. The van der Waals surface area contributed by atoms with E-state index < -0.39 is 5.54 Å². The number of carbonyl (C=O) groups is 2. The van der Waals surface area contributed by atoms with Gasteiger partial charge in [-0.3, -0.25) is 9.59 Å². The molecule has 1 aromatic heterocycles. The maximum atomic E-state index is 13.3. The Morgan fingerprint density at radius 3 is 2.75 bits per heavy atom. The average molecular weight is 346 g/mol. The number of amides is 2. The second-order valence-corrected chi connectivity index (χ2v) is 7.12. The number of rotatable bonds is 1. The molecule has 2 aromatic rings. The molecular formula is C18H20ClN3O2. The van der Waals surface area contributed by atoms with Crippen LogP contribution in [0, 0.1) is 0 Å². The molecule has 6 heteroatoms. The highest BCUT2D eigenvalue weighted by atomic mass is 35.5. The Morgan fingerprint density at radius 2 is 2.04 bits per heavy atom. The van der Waals surface area contributed by atoms with E-state index in [1.54, 1.807) is 4.90 Å². The van der Waals surface area contributed by atoms with E-state index in [2.05, 4.69) is 5.32 Å². The number of aromatic nitrogens is 1. The molecule has 1 aliphatic heterocycles. The van der Waals surface area contributed by atoms with Crippen LogP contribution in [0.4, 0.5) is 0 Å². The molecule has 0 radical (unpaired) electrons. The van der Waals surface area contributed by atoms with Crippen LogP contribution in [0.3, 0.4) is 0 Å². The van der Waals surface area contributed by atoms with Gasteiger partial charge in [0.1, 0.15) is 11.2 Å². The molecule has 2 amide bonds. The topological polar surface area (TPSA) is 54.3 Å². The van der Waals surface area contributed by atoms with Crippen LogP contribution in [0.5, 0.6) is 0 Å². The first-order chi connectivity index (χ1) is 11.5. The lowest BCUT2D eigenvalue weighted by Crippen LogP contribution is -2.65. The lowest BCUT2D eigenvalue weighted by Gasteiger charge is -2.43. The van der Waals surface area contributed by atoms with Crippen molar-refractivity contribution in [2.24, 2.45) is 7.05 Å². The summed E-state index contributed by atoms with van der Waals surface area (Å²) in [5, 5.41) is 4.44. The van der Waals surface area contributed by atoms with Gasteiger partial charge < -0.3 is 14.8 Å². The van der Waals surface area contributed by atoms with Gasteiger partial charge in [0, 0.05) is 36.1 Å². The van der Waals surface area contributed by atoms with Gasteiger partial charge in [0.25, 0.3) is 5.91 Å². The third-order valence-corrected chi connectivity index (χ3v) is 5.82. The number of nitrogens with zero attached hydrogens (tertiary/aromatic N) is 2. The van der Waals surface area contributed by atoms with Crippen LogP contribution in [0.1, 0.15) is 36.2 Å². The van der Waals surface area contributed by atoms with Gasteiger partial charge in [0.2, 0.25) is 5.91 Å². The fraction of sp³-hybridized carbons (Fsp3) is 0.444. The molecule has 1 spiro atoms. The average Bonchev–Trinajstić information content (AvgIpc) is 3.17. The number of aryl methyl sites for hydroxylation is 1. The minimum absolute atomic E-state index is 0.00334. The zero-order chi connectivity index (χ0) is 16.9. The molecule has 0 unspecified atom stereocenters. The summed E-state index contributed by atoms with van der Waals surface area (Å²) in [5.41, 5.74) is 0.835. The highest BCUT2D eigenvalue weighted by Gasteiger charge is 2.50. The lowest BCUT2D eigenvalue weighted by molar-refractivity contribution is -0.134. The van der Waals surface area contributed by atoms with Crippen LogP contribution in [0.15, 0.2) is 24.3 Å². The summed E-state index contributed by atoms with van der Waals surface area (Å²) in [6, 6.07) is 7.50. The van der Waals surface area contributed by atoms with E-state index in [1.165, 1.54) is 0 Å². The maximum Gasteiger partial charge on any atom is 0.271 e. The molecule has 4 rings (SSSR count). The Labute approximate surface area is 145 Å². The Hall–Kier alpha value is -2.01. The maximum absolute atomic E-state index is 13.3. The Morgan fingerprint density at radius 1 is 1.29 bits per heavy atom. The van der Waals surface area contributed by atoms with Crippen molar-refractivity contribution in [3.8, 4) is 0 Å². The van der Waals surface area contributed by atoms with Gasteiger partial charge in [-0.05, 0) is 31.0 Å². The van der Waals surface area contributed by atoms with E-state index >= 15 is 0 Å². The van der Waals surface area contributed by atoms with Gasteiger partial charge in [-0.25, -0.2) is 0 Å². The van der Waals surface area contributed by atoms with Gasteiger partial charge >= 0.3 is 0 Å². The first kappa shape index (κ1) is 15.5. The summed E-state index contributed by atoms with van der Waals surface area (Å²) in [6.45, 7) is 1.07. The third kappa shape index (κ3) is 2.07. The predicted octanol–water partition coefficient (Wildman–Crippen LogP) is 2.72. The van der Waals surface area contributed by atoms with Crippen LogP contribution in [-0.4, -0.2) is 39.9 Å². The van der Waals surface area contributed by atoms with Gasteiger partial charge in [0.05, 0.1) is 0 Å². The normalized spacial score (nSPS) is 19.9. The highest BCUT2D eigenvalue weighted by molar-refractivity contribution is 6.35. The van der Waals surface area contributed by atoms with Crippen molar-refractivity contribution in [1.29, 1.82) is 0 Å². The van der Waals surface area contributed by atoms with Crippen LogP contribution in [-0.2, 0) is 11.8 Å². The minimum atomic E-state index is -0.671. The zero-order valence-electron chi connectivity index (χ0n) is 13.6. The molecule has 2 aliphatic rings. The number of nitrogens with one attached hydrogen (secondary N) is 1. The van der Waals surface area contributed by atoms with E-state index in [-0.39, 0.29) is 11.8 Å². The SMILES string of the molecule is Cn1c(C(=O)N2CCNC(=O)C23CCCC3)cc2c(Cl)cccc21. The Kier molecular flexibility index (Phi) is 3.57. The molecule has 1 saturated carbocycles. The fourth-order valence-corrected chi connectivity index (χ4v) is 4.43. The summed E-state index contributed by atoms with van der Waals surface area (Å²) in [5.74, 6) is -0.0853.